The summed E-state index contributed by atoms with van der Waals surface area (Å²) in [5.41, 5.74) is 5.69. The number of hydrogen-bond donors (Lipinski definition) is 0. The second-order valence-electron chi connectivity index (χ2n) is 17.8. The highest BCUT2D eigenvalue weighted by molar-refractivity contribution is 6.08. The number of rotatable bonds is 14. The van der Waals surface area contributed by atoms with Gasteiger partial charge in [-0.05, 0) is 157 Å². The lowest BCUT2D eigenvalue weighted by atomic mass is 9.93. The number of nitrogens with zero attached hydrogens (tertiary/aromatic N) is 4. The zero-order valence-corrected chi connectivity index (χ0v) is 39.3. The van der Waals surface area contributed by atoms with Crippen molar-refractivity contribution in [2.45, 2.75) is 159 Å². The van der Waals surface area contributed by atoms with E-state index in [9.17, 15) is 19.2 Å². The van der Waals surface area contributed by atoms with Gasteiger partial charge in [0.15, 0.2) is 0 Å². The fourth-order valence-electron chi connectivity index (χ4n) is 8.44. The molecule has 0 aliphatic rings. The Labute approximate surface area is 362 Å². The van der Waals surface area contributed by atoms with Crippen LogP contribution in [0.5, 0.6) is 0 Å². The van der Waals surface area contributed by atoms with Crippen LogP contribution < -0.4 is 0 Å². The molecule has 0 aliphatic heterocycles. The topological polar surface area (TPSA) is 81.2 Å². The first-order chi connectivity index (χ1) is 28.1. The molecule has 4 aromatic rings. The molecule has 0 unspecified atom stereocenters. The van der Waals surface area contributed by atoms with Crippen LogP contribution in [0.15, 0.2) is 97.1 Å². The molecule has 0 spiro atoms. The highest BCUT2D eigenvalue weighted by Gasteiger charge is 2.30. The average molecular weight is 817 g/mol. The van der Waals surface area contributed by atoms with Crippen LogP contribution in [0, 0.1) is 0 Å². The summed E-state index contributed by atoms with van der Waals surface area (Å²) in [5, 5.41) is 0. The first kappa shape index (κ1) is 49.1. The van der Waals surface area contributed by atoms with Crippen molar-refractivity contribution in [3.63, 3.8) is 0 Å². The second kappa shape index (κ2) is 21.8. The fraction of sp³-hybridized carbons (Fsp3) is 0.462. The normalized spacial score (nSPS) is 11.5. The van der Waals surface area contributed by atoms with Crippen molar-refractivity contribution in [2.24, 2.45) is 0 Å². The maximum absolute atomic E-state index is 13.5. The Kier molecular flexibility index (Phi) is 17.9. The SMILES string of the molecule is CC(C)N(C(=O)c1ccccc1-c1ccccc1C(=O)N(C(C)C)C(C)C)C(C)C.CC(C)N(C(=O)c1ccccc1-c1ccccc1C(=O)N(C(C)C)C(C)C)C(C)C. The van der Waals surface area contributed by atoms with Crippen LogP contribution in [0.3, 0.4) is 0 Å². The number of amides is 4. The van der Waals surface area contributed by atoms with E-state index >= 15 is 0 Å². The van der Waals surface area contributed by atoms with E-state index < -0.39 is 0 Å². The van der Waals surface area contributed by atoms with E-state index in [1.54, 1.807) is 0 Å². The molecule has 0 aliphatic carbocycles. The van der Waals surface area contributed by atoms with Crippen molar-refractivity contribution >= 4 is 23.6 Å². The molecule has 0 N–H and O–H groups in total. The summed E-state index contributed by atoms with van der Waals surface area (Å²) in [4.78, 5) is 61.5. The van der Waals surface area contributed by atoms with Crippen molar-refractivity contribution in [3.05, 3.63) is 119 Å². The number of carbonyl (C=O) groups excluding carboxylic acids is 4. The van der Waals surface area contributed by atoms with Gasteiger partial charge >= 0.3 is 0 Å². The summed E-state index contributed by atoms with van der Waals surface area (Å²) in [7, 11) is 0. The van der Waals surface area contributed by atoms with Crippen molar-refractivity contribution in [1.82, 2.24) is 19.6 Å². The van der Waals surface area contributed by atoms with Gasteiger partial charge in [0.05, 0.1) is 0 Å². The van der Waals surface area contributed by atoms with Crippen LogP contribution in [0.4, 0.5) is 0 Å². The summed E-state index contributed by atoms with van der Waals surface area (Å²) in [6.45, 7) is 32.5. The molecule has 0 radical (unpaired) electrons. The Hall–Kier alpha value is -5.24. The molecule has 0 bridgehead atoms. The molecule has 0 fully saturated rings. The van der Waals surface area contributed by atoms with Crippen molar-refractivity contribution in [2.75, 3.05) is 0 Å². The minimum Gasteiger partial charge on any atom is -0.334 e. The Morgan fingerprint density at radius 3 is 0.533 bits per heavy atom. The molecular formula is C52H72N4O4. The molecule has 0 saturated carbocycles. The fourth-order valence-corrected chi connectivity index (χ4v) is 8.44. The Morgan fingerprint density at radius 2 is 0.400 bits per heavy atom. The zero-order valence-electron chi connectivity index (χ0n) is 39.3. The van der Waals surface area contributed by atoms with E-state index in [0.717, 1.165) is 22.3 Å². The Bertz CT molecular complexity index is 1740. The van der Waals surface area contributed by atoms with Crippen molar-refractivity contribution < 1.29 is 19.2 Å². The van der Waals surface area contributed by atoms with Gasteiger partial charge in [0, 0.05) is 70.6 Å². The van der Waals surface area contributed by atoms with E-state index in [-0.39, 0.29) is 72.0 Å². The first-order valence-electron chi connectivity index (χ1n) is 21.8. The molecule has 60 heavy (non-hydrogen) atoms. The van der Waals surface area contributed by atoms with Crippen LogP contribution in [-0.4, -0.2) is 91.6 Å². The third-order valence-corrected chi connectivity index (χ3v) is 10.6. The number of hydrogen-bond acceptors (Lipinski definition) is 4. The zero-order chi connectivity index (χ0) is 45.2. The summed E-state index contributed by atoms with van der Waals surface area (Å²) >= 11 is 0. The molecule has 0 saturated heterocycles. The van der Waals surface area contributed by atoms with Gasteiger partial charge in [0.1, 0.15) is 0 Å². The lowest BCUT2D eigenvalue weighted by Gasteiger charge is -2.32. The maximum Gasteiger partial charge on any atom is 0.254 e. The molecule has 4 amide bonds. The standard InChI is InChI=1S/2C26H36N2O2/c2*1-17(2)27(18(3)4)25(29)23-15-11-9-13-21(23)22-14-10-12-16-24(22)26(30)28(19(5)6)20(7)8/h2*9-20H,1-8H3. The van der Waals surface area contributed by atoms with E-state index in [4.69, 9.17) is 0 Å². The Morgan fingerprint density at radius 1 is 0.267 bits per heavy atom. The monoisotopic (exact) mass is 817 g/mol. The van der Waals surface area contributed by atoms with E-state index in [0.29, 0.717) is 22.3 Å². The largest absolute Gasteiger partial charge is 0.334 e. The molecule has 4 aromatic carbocycles. The Balaban J connectivity index is 0.000000320. The molecule has 0 heterocycles. The van der Waals surface area contributed by atoms with Gasteiger partial charge in [-0.15, -0.1) is 0 Å². The molecule has 0 aromatic heterocycles. The number of carbonyl (C=O) groups is 4. The van der Waals surface area contributed by atoms with Gasteiger partial charge in [-0.25, -0.2) is 0 Å². The van der Waals surface area contributed by atoms with E-state index in [2.05, 4.69) is 0 Å². The lowest BCUT2D eigenvalue weighted by Crippen LogP contribution is -2.42. The third kappa shape index (κ3) is 11.5. The van der Waals surface area contributed by atoms with Crippen LogP contribution in [0.25, 0.3) is 22.3 Å². The highest BCUT2D eigenvalue weighted by atomic mass is 16.2. The van der Waals surface area contributed by atoms with Gasteiger partial charge in [-0.1, -0.05) is 72.8 Å². The number of benzene rings is 4. The van der Waals surface area contributed by atoms with E-state index in [1.807, 2.05) is 227 Å². The minimum absolute atomic E-state index is 0.0116. The van der Waals surface area contributed by atoms with Crippen LogP contribution in [0.2, 0.25) is 0 Å². The molecule has 0 atom stereocenters. The van der Waals surface area contributed by atoms with Gasteiger partial charge in [-0.2, -0.15) is 0 Å². The first-order valence-corrected chi connectivity index (χ1v) is 21.8. The van der Waals surface area contributed by atoms with Crippen LogP contribution in [-0.2, 0) is 0 Å². The van der Waals surface area contributed by atoms with Crippen molar-refractivity contribution in [1.29, 1.82) is 0 Å². The molecule has 324 valence electrons. The average Bonchev–Trinajstić information content (AvgIpc) is 3.17. The second-order valence-corrected chi connectivity index (χ2v) is 17.8. The molecule has 8 nitrogen and oxygen atoms in total. The van der Waals surface area contributed by atoms with Crippen LogP contribution >= 0.6 is 0 Å². The lowest BCUT2D eigenvalue weighted by molar-refractivity contribution is 0.0633. The molecule has 8 heteroatoms. The van der Waals surface area contributed by atoms with E-state index in [1.165, 1.54) is 0 Å². The molecular weight excluding hydrogens is 745 g/mol. The van der Waals surface area contributed by atoms with Crippen molar-refractivity contribution in [3.8, 4) is 22.3 Å². The maximum atomic E-state index is 13.5. The smallest absolute Gasteiger partial charge is 0.254 e. The van der Waals surface area contributed by atoms with Gasteiger partial charge in [-0.3, -0.25) is 19.2 Å². The predicted molar refractivity (Wildman–Crippen MR) is 250 cm³/mol. The third-order valence-electron chi connectivity index (χ3n) is 10.6. The summed E-state index contributed by atoms with van der Waals surface area (Å²) in [5.74, 6) is -0.0466. The predicted octanol–water partition coefficient (Wildman–Crippen LogP) is 11.7. The van der Waals surface area contributed by atoms with Gasteiger partial charge < -0.3 is 19.6 Å². The van der Waals surface area contributed by atoms with Gasteiger partial charge in [0.25, 0.3) is 23.6 Å². The van der Waals surface area contributed by atoms with Crippen LogP contribution in [0.1, 0.15) is 152 Å². The van der Waals surface area contributed by atoms with Gasteiger partial charge in [0.2, 0.25) is 0 Å². The molecule has 4 rings (SSSR count). The summed E-state index contributed by atoms with van der Waals surface area (Å²) < 4.78 is 0. The quantitative estimate of drug-likeness (QED) is 0.127. The highest BCUT2D eigenvalue weighted by Crippen LogP contribution is 2.32. The summed E-state index contributed by atoms with van der Waals surface area (Å²) in [6, 6.07) is 31.1. The summed E-state index contributed by atoms with van der Waals surface area (Å²) in [6.07, 6.45) is 0. The minimum atomic E-state index is -0.0116.